The number of carbonyl (C=O) groups is 1. The van der Waals surface area contributed by atoms with Crippen LogP contribution in [0.4, 0.5) is 13.2 Å². The van der Waals surface area contributed by atoms with Gasteiger partial charge in [-0.05, 0) is 44.0 Å². The van der Waals surface area contributed by atoms with Crippen molar-refractivity contribution in [2.24, 2.45) is 7.05 Å². The number of hydrogen-bond acceptors (Lipinski definition) is 2. The maximum Gasteiger partial charge on any atom is 0.256 e. The number of nitrogens with zero attached hydrogens (tertiary/aromatic N) is 3. The summed E-state index contributed by atoms with van der Waals surface area (Å²) in [6.07, 6.45) is 2.19. The van der Waals surface area contributed by atoms with Crippen LogP contribution < -0.4 is 0 Å². The van der Waals surface area contributed by atoms with E-state index in [1.54, 1.807) is 18.1 Å². The number of fused-ring (bicyclic) bond motifs is 2. The molecule has 5 rings (SSSR count). The fourth-order valence-corrected chi connectivity index (χ4v) is 4.65. The van der Waals surface area contributed by atoms with Crippen molar-refractivity contribution in [1.29, 1.82) is 0 Å². The zero-order valence-electron chi connectivity index (χ0n) is 17.8. The number of amides is 1. The van der Waals surface area contributed by atoms with Gasteiger partial charge in [0.05, 0.1) is 23.0 Å². The predicted molar refractivity (Wildman–Crippen MR) is 115 cm³/mol. The first kappa shape index (κ1) is 20.4. The van der Waals surface area contributed by atoms with E-state index in [1.807, 2.05) is 32.0 Å². The van der Waals surface area contributed by atoms with E-state index in [4.69, 9.17) is 0 Å². The van der Waals surface area contributed by atoms with E-state index in [9.17, 15) is 18.0 Å². The molecule has 1 atom stereocenters. The summed E-state index contributed by atoms with van der Waals surface area (Å²) in [5.74, 6) is -4.09. The average molecular weight is 438 g/mol. The van der Waals surface area contributed by atoms with Gasteiger partial charge in [0.1, 0.15) is 0 Å². The maximum atomic E-state index is 13.8. The molecule has 1 N–H and O–H groups in total. The van der Waals surface area contributed by atoms with Crippen molar-refractivity contribution in [2.45, 2.75) is 26.3 Å². The first-order valence-corrected chi connectivity index (χ1v) is 10.4. The van der Waals surface area contributed by atoms with E-state index in [0.29, 0.717) is 29.9 Å². The molecular formula is C24H21F3N4O. The Morgan fingerprint density at radius 1 is 1.16 bits per heavy atom. The first-order chi connectivity index (χ1) is 15.3. The van der Waals surface area contributed by atoms with Crippen LogP contribution in [0.15, 0.2) is 36.5 Å². The molecule has 0 unspecified atom stereocenters. The van der Waals surface area contributed by atoms with Crippen LogP contribution in [-0.4, -0.2) is 32.1 Å². The molecule has 0 fully saturated rings. The molecule has 0 radical (unpaired) electrons. The summed E-state index contributed by atoms with van der Waals surface area (Å²) in [6, 6.07) is 7.52. The van der Waals surface area contributed by atoms with Gasteiger partial charge in [0, 0.05) is 41.8 Å². The molecule has 0 saturated carbocycles. The Kier molecular flexibility index (Phi) is 4.62. The minimum absolute atomic E-state index is 0.107. The van der Waals surface area contributed by atoms with Crippen molar-refractivity contribution in [1.82, 2.24) is 19.7 Å². The van der Waals surface area contributed by atoms with E-state index in [2.05, 4.69) is 10.1 Å². The van der Waals surface area contributed by atoms with E-state index in [1.165, 1.54) is 4.68 Å². The number of aryl methyl sites for hydroxylation is 2. The van der Waals surface area contributed by atoms with Crippen molar-refractivity contribution in [2.75, 3.05) is 6.54 Å². The number of nitrogens with one attached hydrogen (secondary N) is 1. The molecule has 0 saturated heterocycles. The molecule has 2 aromatic carbocycles. The summed E-state index contributed by atoms with van der Waals surface area (Å²) in [6.45, 7) is 4.31. The third-order valence-electron chi connectivity index (χ3n) is 6.23. The average Bonchev–Trinajstić information content (AvgIpc) is 3.32. The molecule has 4 aromatic rings. The molecule has 5 nitrogen and oxygen atoms in total. The zero-order chi connectivity index (χ0) is 22.7. The molecule has 2 aromatic heterocycles. The molecule has 32 heavy (non-hydrogen) atoms. The molecule has 0 bridgehead atoms. The van der Waals surface area contributed by atoms with Crippen molar-refractivity contribution >= 4 is 16.8 Å². The second kappa shape index (κ2) is 7.25. The molecule has 0 aliphatic carbocycles. The van der Waals surface area contributed by atoms with Crippen molar-refractivity contribution < 1.29 is 18.0 Å². The molecule has 8 heteroatoms. The summed E-state index contributed by atoms with van der Waals surface area (Å²) in [5, 5.41) is 5.41. The van der Waals surface area contributed by atoms with Gasteiger partial charge in [0.15, 0.2) is 17.5 Å². The molecular weight excluding hydrogens is 417 g/mol. The second-order valence-electron chi connectivity index (χ2n) is 8.27. The molecule has 164 valence electrons. The number of aromatic amines is 1. The Bertz CT molecular complexity index is 1360. The minimum Gasteiger partial charge on any atom is -0.360 e. The van der Waals surface area contributed by atoms with Gasteiger partial charge in [0.25, 0.3) is 5.91 Å². The van der Waals surface area contributed by atoms with Crippen LogP contribution in [0.2, 0.25) is 0 Å². The van der Waals surface area contributed by atoms with Gasteiger partial charge >= 0.3 is 0 Å². The number of halogens is 3. The summed E-state index contributed by atoms with van der Waals surface area (Å²) in [4.78, 5) is 18.3. The lowest BCUT2D eigenvalue weighted by Crippen LogP contribution is -2.38. The number of benzene rings is 2. The van der Waals surface area contributed by atoms with Crippen LogP contribution in [-0.2, 0) is 13.5 Å². The molecule has 1 aliphatic heterocycles. The van der Waals surface area contributed by atoms with Gasteiger partial charge in [-0.1, -0.05) is 12.1 Å². The second-order valence-corrected chi connectivity index (χ2v) is 8.27. The Morgan fingerprint density at radius 2 is 1.88 bits per heavy atom. The number of hydrogen-bond donors (Lipinski definition) is 1. The van der Waals surface area contributed by atoms with Crippen LogP contribution >= 0.6 is 0 Å². The third kappa shape index (κ3) is 3.01. The van der Waals surface area contributed by atoms with Crippen LogP contribution in [0.1, 0.15) is 40.1 Å². The van der Waals surface area contributed by atoms with E-state index >= 15 is 0 Å². The molecule has 3 heterocycles. The highest BCUT2D eigenvalue weighted by Crippen LogP contribution is 2.37. The number of aromatic nitrogens is 3. The fraction of sp³-hybridized carbons (Fsp3) is 0.250. The Labute approximate surface area is 182 Å². The van der Waals surface area contributed by atoms with E-state index in [0.717, 1.165) is 34.2 Å². The van der Waals surface area contributed by atoms with Gasteiger partial charge in [-0.2, -0.15) is 5.10 Å². The monoisotopic (exact) mass is 438 g/mol. The van der Waals surface area contributed by atoms with E-state index < -0.39 is 17.5 Å². The summed E-state index contributed by atoms with van der Waals surface area (Å²) >= 11 is 0. The highest BCUT2D eigenvalue weighted by atomic mass is 19.2. The molecule has 1 aliphatic rings. The van der Waals surface area contributed by atoms with Crippen molar-refractivity contribution in [3.05, 3.63) is 76.4 Å². The minimum atomic E-state index is -1.50. The highest BCUT2D eigenvalue weighted by molar-refractivity contribution is 6.07. The predicted octanol–water partition coefficient (Wildman–Crippen LogP) is 5.05. The summed E-state index contributed by atoms with van der Waals surface area (Å²) in [5.41, 5.74) is 4.82. The number of H-pyrrole nitrogens is 1. The number of carbonyl (C=O) groups excluding carboxylic acids is 1. The third-order valence-corrected chi connectivity index (χ3v) is 6.23. The summed E-state index contributed by atoms with van der Waals surface area (Å²) < 4.78 is 42.7. The molecule has 0 spiro atoms. The van der Waals surface area contributed by atoms with Gasteiger partial charge in [-0.15, -0.1) is 0 Å². The van der Waals surface area contributed by atoms with Crippen LogP contribution in [0.3, 0.4) is 0 Å². The van der Waals surface area contributed by atoms with Gasteiger partial charge in [0.2, 0.25) is 0 Å². The smallest absolute Gasteiger partial charge is 0.256 e. The van der Waals surface area contributed by atoms with Crippen molar-refractivity contribution in [3.63, 3.8) is 0 Å². The summed E-state index contributed by atoms with van der Waals surface area (Å²) in [7, 11) is 1.67. The Morgan fingerprint density at radius 3 is 2.59 bits per heavy atom. The normalized spacial score (nSPS) is 15.9. The Balaban J connectivity index is 1.52. The molecule has 1 amide bonds. The lowest BCUT2D eigenvalue weighted by atomic mass is 9.95. The van der Waals surface area contributed by atoms with E-state index in [-0.39, 0.29) is 17.5 Å². The van der Waals surface area contributed by atoms with Crippen molar-refractivity contribution in [3.8, 4) is 11.3 Å². The number of rotatable bonds is 2. The largest absolute Gasteiger partial charge is 0.360 e. The van der Waals surface area contributed by atoms with Gasteiger partial charge < -0.3 is 9.88 Å². The Hall–Kier alpha value is -3.55. The quantitative estimate of drug-likeness (QED) is 0.445. The van der Waals surface area contributed by atoms with Gasteiger partial charge in [-0.3, -0.25) is 9.48 Å². The zero-order valence-corrected chi connectivity index (χ0v) is 17.8. The maximum absolute atomic E-state index is 13.8. The lowest BCUT2D eigenvalue weighted by molar-refractivity contribution is 0.0675. The lowest BCUT2D eigenvalue weighted by Gasteiger charge is -2.33. The first-order valence-electron chi connectivity index (χ1n) is 10.4. The van der Waals surface area contributed by atoms with Crippen LogP contribution in [0.25, 0.3) is 22.2 Å². The topological polar surface area (TPSA) is 53.9 Å². The standard InChI is InChI=1S/C24H21F3N4O/c1-12-4-5-15-17(11-28-20(15)8-12)24(32)31-7-6-16-22(13(31)2)29-30(3)23(16)14-9-18(25)21(27)19(26)10-14/h4-5,8-11,13,28H,6-7H2,1-3H3/t13-/m0/s1. The highest BCUT2D eigenvalue weighted by Gasteiger charge is 2.34. The fourth-order valence-electron chi connectivity index (χ4n) is 4.65. The SMILES string of the molecule is Cc1ccc2c(C(=O)N3CCc4c(nn(C)c4-c4cc(F)c(F)c(F)c4)[C@@H]3C)c[nH]c2c1. The van der Waals surface area contributed by atoms with Gasteiger partial charge in [-0.25, -0.2) is 13.2 Å². The van der Waals surface area contributed by atoms with Crippen LogP contribution in [0, 0.1) is 24.4 Å². The van der Waals surface area contributed by atoms with Crippen LogP contribution in [0.5, 0.6) is 0 Å².